The van der Waals surface area contributed by atoms with Gasteiger partial charge >= 0.3 is 0 Å². The first-order valence-corrected chi connectivity index (χ1v) is 8.76. The number of aryl methyl sites for hydroxylation is 1. The van der Waals surface area contributed by atoms with Crippen molar-refractivity contribution in [1.82, 2.24) is 9.88 Å². The van der Waals surface area contributed by atoms with Crippen LogP contribution in [0.3, 0.4) is 0 Å². The van der Waals surface area contributed by atoms with E-state index in [0.717, 1.165) is 49.9 Å². The number of anilines is 1. The van der Waals surface area contributed by atoms with Crippen molar-refractivity contribution < 1.29 is 9.21 Å². The molecule has 0 spiro atoms. The fraction of sp³-hybridized carbons (Fsp3) is 0.556. The lowest BCUT2D eigenvalue weighted by atomic mass is 9.97. The zero-order chi connectivity index (χ0) is 16.7. The highest BCUT2D eigenvalue weighted by Gasteiger charge is 2.40. The van der Waals surface area contributed by atoms with Crippen LogP contribution in [0.4, 0.5) is 6.01 Å². The van der Waals surface area contributed by atoms with Gasteiger partial charge in [-0.05, 0) is 37.5 Å². The number of fused-ring (bicyclic) bond motifs is 1. The molecule has 0 unspecified atom stereocenters. The van der Waals surface area contributed by atoms with Crippen molar-refractivity contribution >= 4 is 23.0 Å². The number of aromatic nitrogens is 1. The summed E-state index contributed by atoms with van der Waals surface area (Å²) in [5, 5.41) is 0. The molecule has 4 rings (SSSR count). The summed E-state index contributed by atoms with van der Waals surface area (Å²) in [6, 6.07) is 6.65. The van der Waals surface area contributed by atoms with Crippen LogP contribution in [0.5, 0.6) is 0 Å². The smallest absolute Gasteiger partial charge is 0.298 e. The summed E-state index contributed by atoms with van der Waals surface area (Å²) < 4.78 is 5.86. The Labute approximate surface area is 141 Å². The van der Waals surface area contributed by atoms with E-state index in [2.05, 4.69) is 9.88 Å². The molecule has 2 N–H and O–H groups in total. The van der Waals surface area contributed by atoms with Crippen LogP contribution in [0.15, 0.2) is 22.6 Å². The maximum atomic E-state index is 12.7. The number of hydrogen-bond donors (Lipinski definition) is 1. The normalized spacial score (nSPS) is 20.8. The van der Waals surface area contributed by atoms with Crippen LogP contribution in [-0.2, 0) is 4.79 Å². The lowest BCUT2D eigenvalue weighted by Crippen LogP contribution is -2.58. The van der Waals surface area contributed by atoms with Crippen molar-refractivity contribution in [3.05, 3.63) is 23.8 Å². The summed E-state index contributed by atoms with van der Waals surface area (Å²) in [6.45, 7) is 4.86. The average molecular weight is 328 g/mol. The minimum atomic E-state index is -0.628. The van der Waals surface area contributed by atoms with Gasteiger partial charge in [0.2, 0.25) is 5.91 Å². The van der Waals surface area contributed by atoms with Crippen LogP contribution < -0.4 is 10.6 Å². The maximum Gasteiger partial charge on any atom is 0.298 e. The molecule has 6 heteroatoms. The number of carbonyl (C=O) groups is 1. The van der Waals surface area contributed by atoms with E-state index < -0.39 is 5.54 Å². The third-order valence-corrected chi connectivity index (χ3v) is 5.29. The zero-order valence-electron chi connectivity index (χ0n) is 14.1. The first-order chi connectivity index (χ1) is 11.5. The van der Waals surface area contributed by atoms with E-state index in [-0.39, 0.29) is 5.91 Å². The highest BCUT2D eigenvalue weighted by atomic mass is 16.4. The van der Waals surface area contributed by atoms with Crippen LogP contribution in [0.1, 0.15) is 31.2 Å². The van der Waals surface area contributed by atoms with E-state index in [0.29, 0.717) is 19.1 Å². The van der Waals surface area contributed by atoms with Crippen LogP contribution >= 0.6 is 0 Å². The predicted octanol–water partition coefficient (Wildman–Crippen LogP) is 2.06. The van der Waals surface area contributed by atoms with Gasteiger partial charge in [-0.2, -0.15) is 4.98 Å². The van der Waals surface area contributed by atoms with Gasteiger partial charge in [0.25, 0.3) is 6.01 Å². The van der Waals surface area contributed by atoms with Crippen molar-refractivity contribution in [1.29, 1.82) is 0 Å². The van der Waals surface area contributed by atoms with Gasteiger partial charge in [0, 0.05) is 26.2 Å². The van der Waals surface area contributed by atoms with Crippen molar-refractivity contribution in [3.8, 4) is 0 Å². The maximum absolute atomic E-state index is 12.7. The van der Waals surface area contributed by atoms with Crippen LogP contribution in [0, 0.1) is 6.92 Å². The molecule has 1 amide bonds. The van der Waals surface area contributed by atoms with Gasteiger partial charge in [-0.1, -0.05) is 18.9 Å². The molecule has 2 fully saturated rings. The molecule has 1 aliphatic carbocycles. The summed E-state index contributed by atoms with van der Waals surface area (Å²) in [5.41, 5.74) is 8.54. The Morgan fingerprint density at radius 1 is 1.21 bits per heavy atom. The third kappa shape index (κ3) is 2.65. The van der Waals surface area contributed by atoms with E-state index in [9.17, 15) is 4.79 Å². The molecule has 0 atom stereocenters. The summed E-state index contributed by atoms with van der Waals surface area (Å²) in [4.78, 5) is 21.3. The van der Waals surface area contributed by atoms with Gasteiger partial charge in [0.1, 0.15) is 5.52 Å². The predicted molar refractivity (Wildman–Crippen MR) is 92.9 cm³/mol. The monoisotopic (exact) mass is 328 g/mol. The van der Waals surface area contributed by atoms with Crippen molar-refractivity contribution in [2.75, 3.05) is 31.1 Å². The molecule has 0 radical (unpaired) electrons. The first kappa shape index (κ1) is 15.4. The fourth-order valence-corrected chi connectivity index (χ4v) is 3.80. The second-order valence-corrected chi connectivity index (χ2v) is 7.11. The van der Waals surface area contributed by atoms with Crippen molar-refractivity contribution in [2.24, 2.45) is 5.73 Å². The van der Waals surface area contributed by atoms with Gasteiger partial charge in [-0.3, -0.25) is 4.79 Å². The van der Waals surface area contributed by atoms with Gasteiger partial charge in [-0.25, -0.2) is 0 Å². The first-order valence-electron chi connectivity index (χ1n) is 8.76. The van der Waals surface area contributed by atoms with Crippen molar-refractivity contribution in [2.45, 2.75) is 38.1 Å². The Bertz CT molecular complexity index is 755. The lowest BCUT2D eigenvalue weighted by Gasteiger charge is -2.37. The second kappa shape index (κ2) is 5.77. The summed E-state index contributed by atoms with van der Waals surface area (Å²) in [7, 11) is 0. The molecule has 2 aromatic rings. The standard InChI is InChI=1S/C18H24N4O2/c1-13-4-5-15-14(12-13)20-17(24-15)22-10-8-21(9-11-22)16(23)18(19)6-2-3-7-18/h4-5,12H,2-3,6-11,19H2,1H3. The molecule has 1 aromatic heterocycles. The molecular formula is C18H24N4O2. The van der Waals surface area contributed by atoms with Gasteiger partial charge in [0.05, 0.1) is 5.54 Å². The largest absolute Gasteiger partial charge is 0.423 e. The van der Waals surface area contributed by atoms with Gasteiger partial charge in [-0.15, -0.1) is 0 Å². The minimum Gasteiger partial charge on any atom is -0.423 e. The molecule has 1 saturated carbocycles. The molecule has 2 heterocycles. The summed E-state index contributed by atoms with van der Waals surface area (Å²) in [6.07, 6.45) is 3.75. The fourth-order valence-electron chi connectivity index (χ4n) is 3.80. The number of carbonyl (C=O) groups excluding carboxylic acids is 1. The van der Waals surface area contributed by atoms with Gasteiger partial charge < -0.3 is 20.0 Å². The quantitative estimate of drug-likeness (QED) is 0.913. The molecule has 1 saturated heterocycles. The average Bonchev–Trinajstić information content (AvgIpc) is 3.21. The third-order valence-electron chi connectivity index (χ3n) is 5.29. The number of rotatable bonds is 2. The number of nitrogens with zero attached hydrogens (tertiary/aromatic N) is 3. The number of oxazole rings is 1. The van der Waals surface area contributed by atoms with E-state index in [1.54, 1.807) is 0 Å². The molecule has 24 heavy (non-hydrogen) atoms. The highest BCUT2D eigenvalue weighted by Crippen LogP contribution is 2.30. The Balaban J connectivity index is 1.44. The zero-order valence-corrected chi connectivity index (χ0v) is 14.1. The lowest BCUT2D eigenvalue weighted by molar-refractivity contribution is -0.137. The van der Waals surface area contributed by atoms with Crippen molar-refractivity contribution in [3.63, 3.8) is 0 Å². The molecule has 1 aliphatic heterocycles. The molecular weight excluding hydrogens is 304 g/mol. The van der Waals surface area contributed by atoms with Crippen LogP contribution in [-0.4, -0.2) is 47.5 Å². The molecule has 1 aromatic carbocycles. The van der Waals surface area contributed by atoms with E-state index in [1.165, 1.54) is 5.56 Å². The Morgan fingerprint density at radius 2 is 1.92 bits per heavy atom. The number of benzene rings is 1. The Hall–Kier alpha value is -2.08. The Kier molecular flexibility index (Phi) is 3.72. The number of piperazine rings is 1. The molecule has 2 aliphatic rings. The highest BCUT2D eigenvalue weighted by molar-refractivity contribution is 5.86. The minimum absolute atomic E-state index is 0.118. The van der Waals surface area contributed by atoms with E-state index in [1.807, 2.05) is 30.0 Å². The SMILES string of the molecule is Cc1ccc2oc(N3CCN(C(=O)C4(N)CCCC4)CC3)nc2c1. The number of nitrogens with two attached hydrogens (primary N) is 1. The number of amides is 1. The Morgan fingerprint density at radius 3 is 2.62 bits per heavy atom. The van der Waals surface area contributed by atoms with Crippen LogP contribution in [0.2, 0.25) is 0 Å². The summed E-state index contributed by atoms with van der Waals surface area (Å²) in [5.74, 6) is 0.118. The molecule has 6 nitrogen and oxygen atoms in total. The topological polar surface area (TPSA) is 75.6 Å². The molecule has 128 valence electrons. The second-order valence-electron chi connectivity index (χ2n) is 7.11. The molecule has 0 bridgehead atoms. The summed E-state index contributed by atoms with van der Waals surface area (Å²) >= 11 is 0. The van der Waals surface area contributed by atoms with Crippen LogP contribution in [0.25, 0.3) is 11.1 Å². The van der Waals surface area contributed by atoms with E-state index >= 15 is 0 Å². The number of hydrogen-bond acceptors (Lipinski definition) is 5. The van der Waals surface area contributed by atoms with E-state index in [4.69, 9.17) is 10.2 Å². The van der Waals surface area contributed by atoms with Gasteiger partial charge in [0.15, 0.2) is 5.58 Å².